The van der Waals surface area contributed by atoms with E-state index in [9.17, 15) is 9.90 Å². The molecule has 1 aliphatic heterocycles. The van der Waals surface area contributed by atoms with Crippen molar-refractivity contribution in [2.45, 2.75) is 11.0 Å². The first-order valence-corrected chi connectivity index (χ1v) is 7.84. The van der Waals surface area contributed by atoms with E-state index < -0.39 is 0 Å². The van der Waals surface area contributed by atoms with Crippen molar-refractivity contribution >= 4 is 34.5 Å². The minimum absolute atomic E-state index is 0.146. The zero-order valence-electron chi connectivity index (χ0n) is 9.59. The van der Waals surface area contributed by atoms with Gasteiger partial charge < -0.3 is 9.52 Å². The lowest BCUT2D eigenvalue weighted by Gasteiger charge is -2.22. The normalized spacial score (nSPS) is 17.1. The van der Waals surface area contributed by atoms with Gasteiger partial charge in [-0.15, -0.1) is 23.5 Å². The zero-order chi connectivity index (χ0) is 12.5. The molecule has 3 rings (SSSR count). The highest BCUT2D eigenvalue weighted by Crippen LogP contribution is 2.48. The largest absolute Gasteiger partial charge is 0.507 e. The van der Waals surface area contributed by atoms with Gasteiger partial charge in [0.1, 0.15) is 11.3 Å². The third-order valence-corrected chi connectivity index (χ3v) is 5.81. The number of benzene rings is 1. The van der Waals surface area contributed by atoms with Crippen molar-refractivity contribution < 1.29 is 9.52 Å². The van der Waals surface area contributed by atoms with Gasteiger partial charge in [0.2, 0.25) is 0 Å². The van der Waals surface area contributed by atoms with E-state index >= 15 is 0 Å². The Morgan fingerprint density at radius 1 is 1.17 bits per heavy atom. The Morgan fingerprint density at radius 2 is 1.89 bits per heavy atom. The average molecular weight is 280 g/mol. The molecule has 0 radical (unpaired) electrons. The van der Waals surface area contributed by atoms with Gasteiger partial charge >= 0.3 is 5.63 Å². The molecule has 0 bridgehead atoms. The zero-order valence-corrected chi connectivity index (χ0v) is 11.2. The predicted octanol–water partition coefficient (Wildman–Crippen LogP) is 3.37. The molecule has 18 heavy (non-hydrogen) atoms. The van der Waals surface area contributed by atoms with E-state index in [4.69, 9.17) is 4.42 Å². The fourth-order valence-electron chi connectivity index (χ4n) is 2.03. The van der Waals surface area contributed by atoms with Crippen molar-refractivity contribution in [2.75, 3.05) is 11.5 Å². The maximum atomic E-state index is 11.4. The van der Waals surface area contributed by atoms with Gasteiger partial charge in [0.15, 0.2) is 0 Å². The van der Waals surface area contributed by atoms with Crippen LogP contribution in [0.25, 0.3) is 11.0 Å². The van der Waals surface area contributed by atoms with Gasteiger partial charge in [0.25, 0.3) is 0 Å². The van der Waals surface area contributed by atoms with Crippen molar-refractivity contribution in [1.82, 2.24) is 0 Å². The Balaban J connectivity index is 2.21. The van der Waals surface area contributed by atoms with Crippen LogP contribution in [0.4, 0.5) is 0 Å². The van der Waals surface area contributed by atoms with Crippen LogP contribution in [0.3, 0.4) is 0 Å². The van der Waals surface area contributed by atoms with Gasteiger partial charge in [-0.3, -0.25) is 0 Å². The van der Waals surface area contributed by atoms with Crippen LogP contribution in [-0.4, -0.2) is 16.6 Å². The molecule has 0 unspecified atom stereocenters. The van der Waals surface area contributed by atoms with E-state index in [1.807, 2.05) is 0 Å². The molecule has 1 aliphatic rings. The maximum absolute atomic E-state index is 11.4. The lowest BCUT2D eigenvalue weighted by Crippen LogP contribution is -2.03. The summed E-state index contributed by atoms with van der Waals surface area (Å²) < 4.78 is 5.43. The quantitative estimate of drug-likeness (QED) is 0.812. The van der Waals surface area contributed by atoms with Crippen LogP contribution in [0, 0.1) is 0 Å². The summed E-state index contributed by atoms with van der Waals surface area (Å²) in [6, 6.07) is 6.59. The molecule has 0 saturated carbocycles. The molecule has 1 fully saturated rings. The first kappa shape index (κ1) is 12.0. The highest BCUT2D eigenvalue weighted by atomic mass is 32.2. The van der Waals surface area contributed by atoms with E-state index in [1.165, 1.54) is 12.5 Å². The second-order valence-corrected chi connectivity index (χ2v) is 6.82. The smallest absolute Gasteiger partial charge is 0.336 e. The Hall–Kier alpha value is -1.07. The van der Waals surface area contributed by atoms with Crippen molar-refractivity contribution in [1.29, 1.82) is 0 Å². The standard InChI is InChI=1S/C13H12O3S2/c14-9-4-2-8-3-5-10(15)16-12(8)11(9)13-17-6-1-7-18-13/h2-5,13-14H,1,6-7H2. The molecule has 0 amide bonds. The van der Waals surface area contributed by atoms with Crippen LogP contribution >= 0.6 is 23.5 Å². The van der Waals surface area contributed by atoms with Crippen molar-refractivity contribution in [3.05, 3.63) is 40.2 Å². The molecular weight excluding hydrogens is 268 g/mol. The van der Waals surface area contributed by atoms with Gasteiger partial charge in [-0.1, -0.05) is 0 Å². The number of hydrogen-bond acceptors (Lipinski definition) is 5. The van der Waals surface area contributed by atoms with Gasteiger partial charge in [-0.2, -0.15) is 0 Å². The molecule has 1 aromatic heterocycles. The summed E-state index contributed by atoms with van der Waals surface area (Å²) in [5, 5.41) is 10.9. The lowest BCUT2D eigenvalue weighted by atomic mass is 10.1. The fourth-order valence-corrected chi connectivity index (χ4v) is 5.01. The van der Waals surface area contributed by atoms with E-state index in [1.54, 1.807) is 41.7 Å². The Kier molecular flexibility index (Phi) is 3.26. The first-order chi connectivity index (χ1) is 8.75. The van der Waals surface area contributed by atoms with E-state index in [-0.39, 0.29) is 16.0 Å². The Morgan fingerprint density at radius 3 is 2.67 bits per heavy atom. The molecule has 0 spiro atoms. The summed E-state index contributed by atoms with van der Waals surface area (Å²) in [5.74, 6) is 2.36. The van der Waals surface area contributed by atoms with Crippen LogP contribution in [-0.2, 0) is 0 Å². The number of hydrogen-bond donors (Lipinski definition) is 1. The first-order valence-electron chi connectivity index (χ1n) is 5.74. The van der Waals surface area contributed by atoms with E-state index in [0.717, 1.165) is 22.5 Å². The van der Waals surface area contributed by atoms with Crippen molar-refractivity contribution in [2.24, 2.45) is 0 Å². The molecule has 94 valence electrons. The SMILES string of the molecule is O=c1ccc2ccc(O)c(C3SCCCS3)c2o1. The van der Waals surface area contributed by atoms with Gasteiger partial charge in [-0.05, 0) is 36.1 Å². The molecule has 0 atom stereocenters. The number of phenolic OH excluding ortho intramolecular Hbond substituents is 1. The van der Waals surface area contributed by atoms with Gasteiger partial charge in [0.05, 0.1) is 10.1 Å². The monoisotopic (exact) mass is 280 g/mol. The molecule has 1 saturated heterocycles. The number of thioether (sulfide) groups is 2. The summed E-state index contributed by atoms with van der Waals surface area (Å²) in [6.45, 7) is 0. The van der Waals surface area contributed by atoms with E-state index in [2.05, 4.69) is 0 Å². The second-order valence-electron chi connectivity index (χ2n) is 4.10. The summed E-state index contributed by atoms with van der Waals surface area (Å²) in [6.07, 6.45) is 1.18. The van der Waals surface area contributed by atoms with Crippen LogP contribution in [0.15, 0.2) is 33.5 Å². The molecule has 2 aromatic rings. The Labute approximate surface area is 113 Å². The van der Waals surface area contributed by atoms with Crippen molar-refractivity contribution in [3.8, 4) is 5.75 Å². The third-order valence-electron chi connectivity index (χ3n) is 2.87. The second kappa shape index (κ2) is 4.90. The summed E-state index contributed by atoms with van der Waals surface area (Å²) in [4.78, 5) is 11.4. The molecule has 1 N–H and O–H groups in total. The molecule has 5 heteroatoms. The van der Waals surface area contributed by atoms with Gasteiger partial charge in [0, 0.05) is 11.5 Å². The number of rotatable bonds is 1. The minimum atomic E-state index is -0.375. The lowest BCUT2D eigenvalue weighted by molar-refractivity contribution is 0.467. The third kappa shape index (κ3) is 2.12. The summed E-state index contributed by atoms with van der Waals surface area (Å²) >= 11 is 3.58. The molecule has 1 aromatic carbocycles. The average Bonchev–Trinajstić information content (AvgIpc) is 2.39. The molecule has 3 nitrogen and oxygen atoms in total. The maximum Gasteiger partial charge on any atom is 0.336 e. The highest BCUT2D eigenvalue weighted by molar-refractivity contribution is 8.16. The van der Waals surface area contributed by atoms with Gasteiger partial charge in [-0.25, -0.2) is 4.79 Å². The predicted molar refractivity (Wildman–Crippen MR) is 76.4 cm³/mol. The van der Waals surface area contributed by atoms with Crippen LogP contribution in [0.2, 0.25) is 0 Å². The minimum Gasteiger partial charge on any atom is -0.507 e. The molecule has 2 heterocycles. The van der Waals surface area contributed by atoms with Crippen molar-refractivity contribution in [3.63, 3.8) is 0 Å². The van der Waals surface area contributed by atoms with Crippen LogP contribution in [0.5, 0.6) is 5.75 Å². The highest BCUT2D eigenvalue weighted by Gasteiger charge is 2.23. The molecule has 0 aliphatic carbocycles. The number of aromatic hydroxyl groups is 1. The number of phenols is 1. The summed E-state index contributed by atoms with van der Waals surface area (Å²) in [7, 11) is 0. The van der Waals surface area contributed by atoms with Crippen LogP contribution in [0.1, 0.15) is 16.6 Å². The topological polar surface area (TPSA) is 50.4 Å². The van der Waals surface area contributed by atoms with E-state index in [0.29, 0.717) is 5.58 Å². The Bertz CT molecular complexity index is 630. The molecular formula is C13H12O3S2. The number of fused-ring (bicyclic) bond motifs is 1. The summed E-state index contributed by atoms with van der Waals surface area (Å²) in [5.41, 5.74) is 0.898. The fraction of sp³-hybridized carbons (Fsp3) is 0.308. The van der Waals surface area contributed by atoms with Crippen LogP contribution < -0.4 is 5.63 Å².